The molecule has 120 valence electrons. The number of rotatable bonds is 5. The molecule has 0 aliphatic heterocycles. The highest BCUT2D eigenvalue weighted by molar-refractivity contribution is 6.31. The van der Waals surface area contributed by atoms with Gasteiger partial charge in [0, 0.05) is 11.2 Å². The van der Waals surface area contributed by atoms with Crippen LogP contribution in [0.5, 0.6) is 0 Å². The van der Waals surface area contributed by atoms with E-state index in [1.54, 1.807) is 16.9 Å². The van der Waals surface area contributed by atoms with Crippen molar-refractivity contribution in [1.29, 1.82) is 0 Å². The van der Waals surface area contributed by atoms with E-state index < -0.39 is 17.4 Å². The van der Waals surface area contributed by atoms with Gasteiger partial charge in [0.2, 0.25) is 0 Å². The van der Waals surface area contributed by atoms with Crippen LogP contribution in [0.3, 0.4) is 0 Å². The van der Waals surface area contributed by atoms with Crippen LogP contribution in [0, 0.1) is 0 Å². The topological polar surface area (TPSA) is 84.2 Å². The Kier molecular flexibility index (Phi) is 4.09. The molecule has 23 heavy (non-hydrogen) atoms. The van der Waals surface area contributed by atoms with Crippen molar-refractivity contribution < 1.29 is 14.7 Å². The molecule has 0 unspecified atom stereocenters. The number of aliphatic carboxylic acids is 1. The van der Waals surface area contributed by atoms with E-state index in [1.807, 2.05) is 18.2 Å². The largest absolute Gasteiger partial charge is 0.480 e. The van der Waals surface area contributed by atoms with E-state index in [0.29, 0.717) is 30.0 Å². The Morgan fingerprint density at radius 3 is 2.70 bits per heavy atom. The molecule has 0 bridgehead atoms. The van der Waals surface area contributed by atoms with Crippen molar-refractivity contribution in [3.63, 3.8) is 0 Å². The van der Waals surface area contributed by atoms with Crippen LogP contribution in [-0.4, -0.2) is 32.3 Å². The SMILES string of the molecule is O=C(NC1(C(=O)O)CCC1)c1cnn(Cc2ccccc2Cl)c1. The first kappa shape index (κ1) is 15.6. The maximum Gasteiger partial charge on any atom is 0.329 e. The zero-order valence-electron chi connectivity index (χ0n) is 12.3. The fourth-order valence-electron chi connectivity index (χ4n) is 2.58. The van der Waals surface area contributed by atoms with Crippen LogP contribution in [0.15, 0.2) is 36.7 Å². The second-order valence-corrected chi connectivity index (χ2v) is 6.12. The van der Waals surface area contributed by atoms with E-state index in [4.69, 9.17) is 11.6 Å². The number of hydrogen-bond donors (Lipinski definition) is 2. The van der Waals surface area contributed by atoms with E-state index in [0.717, 1.165) is 12.0 Å². The predicted octanol–water partition coefficient (Wildman–Crippen LogP) is 2.32. The minimum Gasteiger partial charge on any atom is -0.480 e. The Morgan fingerprint density at radius 2 is 2.09 bits per heavy atom. The first-order valence-corrected chi connectivity index (χ1v) is 7.70. The fraction of sp³-hybridized carbons (Fsp3) is 0.312. The molecule has 1 aliphatic rings. The number of nitrogens with zero attached hydrogens (tertiary/aromatic N) is 2. The maximum atomic E-state index is 12.2. The lowest BCUT2D eigenvalue weighted by Gasteiger charge is -2.38. The molecular weight excluding hydrogens is 318 g/mol. The number of hydrogen-bond acceptors (Lipinski definition) is 3. The minimum absolute atomic E-state index is 0.338. The summed E-state index contributed by atoms with van der Waals surface area (Å²) in [6.45, 7) is 0.441. The van der Waals surface area contributed by atoms with Gasteiger partial charge in [-0.2, -0.15) is 5.10 Å². The van der Waals surface area contributed by atoms with Gasteiger partial charge in [0.25, 0.3) is 5.91 Å². The Hall–Kier alpha value is -2.34. The van der Waals surface area contributed by atoms with Crippen molar-refractivity contribution in [2.24, 2.45) is 0 Å². The van der Waals surface area contributed by atoms with Gasteiger partial charge in [-0.05, 0) is 30.9 Å². The van der Waals surface area contributed by atoms with Crippen molar-refractivity contribution in [2.45, 2.75) is 31.3 Å². The summed E-state index contributed by atoms with van der Waals surface area (Å²) >= 11 is 6.11. The number of nitrogens with one attached hydrogen (secondary N) is 1. The van der Waals surface area contributed by atoms with Crippen LogP contribution in [0.25, 0.3) is 0 Å². The lowest BCUT2D eigenvalue weighted by atomic mass is 9.76. The van der Waals surface area contributed by atoms with E-state index in [-0.39, 0.29) is 0 Å². The second-order valence-electron chi connectivity index (χ2n) is 5.71. The highest BCUT2D eigenvalue weighted by Crippen LogP contribution is 2.32. The lowest BCUT2D eigenvalue weighted by molar-refractivity contribution is -0.148. The standard InChI is InChI=1S/C16H16ClN3O3/c17-13-5-2-1-4-11(13)9-20-10-12(8-18-20)14(21)19-16(15(22)23)6-3-7-16/h1-2,4-5,8,10H,3,6-7,9H2,(H,19,21)(H,22,23). The van der Waals surface area contributed by atoms with Gasteiger partial charge in [-0.1, -0.05) is 29.8 Å². The number of benzene rings is 1. The quantitative estimate of drug-likeness (QED) is 0.879. The molecule has 1 heterocycles. The van der Waals surface area contributed by atoms with Crippen molar-refractivity contribution in [3.05, 3.63) is 52.8 Å². The predicted molar refractivity (Wildman–Crippen MR) is 84.5 cm³/mol. The summed E-state index contributed by atoms with van der Waals surface area (Å²) in [5.41, 5.74) is 0.108. The van der Waals surface area contributed by atoms with Crippen molar-refractivity contribution in [2.75, 3.05) is 0 Å². The average molecular weight is 334 g/mol. The Balaban J connectivity index is 1.70. The third-order valence-electron chi connectivity index (χ3n) is 4.15. The van der Waals surface area contributed by atoms with E-state index in [9.17, 15) is 14.7 Å². The molecule has 0 spiro atoms. The highest BCUT2D eigenvalue weighted by Gasteiger charge is 2.45. The number of carbonyl (C=O) groups is 2. The summed E-state index contributed by atoms with van der Waals surface area (Å²) in [5, 5.41) is 16.7. The van der Waals surface area contributed by atoms with Crippen LogP contribution in [0.4, 0.5) is 0 Å². The Bertz CT molecular complexity index is 753. The van der Waals surface area contributed by atoms with Gasteiger partial charge in [0.1, 0.15) is 5.54 Å². The van der Waals surface area contributed by atoms with Crippen LogP contribution >= 0.6 is 11.6 Å². The molecule has 3 rings (SSSR count). The summed E-state index contributed by atoms with van der Waals surface area (Å²) in [6, 6.07) is 7.40. The molecule has 6 nitrogen and oxygen atoms in total. The van der Waals surface area contributed by atoms with Crippen LogP contribution < -0.4 is 5.32 Å². The molecule has 0 atom stereocenters. The first-order chi connectivity index (χ1) is 11.0. The van der Waals surface area contributed by atoms with Gasteiger partial charge in [-0.3, -0.25) is 9.48 Å². The molecule has 1 amide bonds. The van der Waals surface area contributed by atoms with Crippen molar-refractivity contribution >= 4 is 23.5 Å². The van der Waals surface area contributed by atoms with Gasteiger partial charge in [-0.15, -0.1) is 0 Å². The Morgan fingerprint density at radius 1 is 1.35 bits per heavy atom. The zero-order chi connectivity index (χ0) is 16.4. The third kappa shape index (κ3) is 3.07. The van der Waals surface area contributed by atoms with Crippen LogP contribution in [0.2, 0.25) is 5.02 Å². The normalized spacial score (nSPS) is 15.7. The van der Waals surface area contributed by atoms with Crippen LogP contribution in [-0.2, 0) is 11.3 Å². The first-order valence-electron chi connectivity index (χ1n) is 7.32. The number of carboxylic acid groups (broad SMARTS) is 1. The number of carboxylic acids is 1. The molecule has 2 N–H and O–H groups in total. The molecule has 1 fully saturated rings. The maximum absolute atomic E-state index is 12.2. The fourth-order valence-corrected chi connectivity index (χ4v) is 2.78. The smallest absolute Gasteiger partial charge is 0.329 e. The highest BCUT2D eigenvalue weighted by atomic mass is 35.5. The Labute approximate surface area is 138 Å². The van der Waals surface area contributed by atoms with Gasteiger partial charge >= 0.3 is 5.97 Å². The summed E-state index contributed by atoms with van der Waals surface area (Å²) in [5.74, 6) is -1.40. The van der Waals surface area contributed by atoms with Crippen molar-refractivity contribution in [1.82, 2.24) is 15.1 Å². The summed E-state index contributed by atoms with van der Waals surface area (Å²) < 4.78 is 1.60. The van der Waals surface area contributed by atoms with E-state index in [1.165, 1.54) is 6.20 Å². The molecule has 1 aromatic heterocycles. The van der Waals surface area contributed by atoms with Crippen molar-refractivity contribution in [3.8, 4) is 0 Å². The van der Waals surface area contributed by atoms with Gasteiger partial charge < -0.3 is 10.4 Å². The molecule has 1 saturated carbocycles. The second kappa shape index (κ2) is 6.04. The molecule has 2 aromatic rings. The molecule has 0 radical (unpaired) electrons. The van der Waals surface area contributed by atoms with E-state index in [2.05, 4.69) is 10.4 Å². The molecular formula is C16H16ClN3O3. The lowest BCUT2D eigenvalue weighted by Crippen LogP contribution is -2.59. The summed E-state index contributed by atoms with van der Waals surface area (Å²) in [6.07, 6.45) is 4.75. The monoisotopic (exact) mass is 333 g/mol. The number of aromatic nitrogens is 2. The van der Waals surface area contributed by atoms with Crippen LogP contribution in [0.1, 0.15) is 35.2 Å². The summed E-state index contributed by atoms with van der Waals surface area (Å²) in [4.78, 5) is 23.5. The number of halogens is 1. The summed E-state index contributed by atoms with van der Waals surface area (Å²) in [7, 11) is 0. The molecule has 1 aromatic carbocycles. The number of carbonyl (C=O) groups excluding carboxylic acids is 1. The van der Waals surface area contributed by atoms with Gasteiger partial charge in [0.05, 0.1) is 18.3 Å². The zero-order valence-corrected chi connectivity index (χ0v) is 13.1. The molecule has 1 aliphatic carbocycles. The average Bonchev–Trinajstić information content (AvgIpc) is 2.93. The van der Waals surface area contributed by atoms with E-state index >= 15 is 0 Å². The minimum atomic E-state index is -1.12. The van der Waals surface area contributed by atoms with Gasteiger partial charge in [-0.25, -0.2) is 4.79 Å². The molecule has 0 saturated heterocycles. The third-order valence-corrected chi connectivity index (χ3v) is 4.52. The van der Waals surface area contributed by atoms with Gasteiger partial charge in [0.15, 0.2) is 0 Å². The molecule has 7 heteroatoms. The number of amides is 1.